The van der Waals surface area contributed by atoms with Crippen molar-refractivity contribution in [1.82, 2.24) is 14.8 Å². The average molecular weight is 688 g/mol. The molecule has 0 radical (unpaired) electrons. The zero-order chi connectivity index (χ0) is 34.1. The van der Waals surface area contributed by atoms with E-state index in [0.717, 1.165) is 86.5 Å². The van der Waals surface area contributed by atoms with Crippen LogP contribution in [0.15, 0.2) is 54.7 Å². The summed E-state index contributed by atoms with van der Waals surface area (Å²) in [4.78, 5) is 39.1. The molecule has 1 aliphatic carbocycles. The maximum atomic E-state index is 14.0. The smallest absolute Gasteiger partial charge is 0.237 e. The molecule has 7 rings (SSSR count). The number of anilines is 2. The zero-order valence-electron chi connectivity index (χ0n) is 28.6. The number of fused-ring (bicyclic) bond motifs is 1. The van der Waals surface area contributed by atoms with Crippen LogP contribution in [0.2, 0.25) is 5.02 Å². The molecule has 1 saturated carbocycles. The van der Waals surface area contributed by atoms with Gasteiger partial charge in [-0.3, -0.25) is 19.4 Å². The minimum atomic E-state index is -0.407. The second kappa shape index (κ2) is 14.5. The van der Waals surface area contributed by atoms with Crippen molar-refractivity contribution in [2.24, 2.45) is 5.92 Å². The lowest BCUT2D eigenvalue weighted by molar-refractivity contribution is -0.125. The third kappa shape index (κ3) is 7.23. The molecule has 4 aliphatic rings. The number of carbonyl (C=O) groups is 2. The number of methoxy groups -OCH3 is 1. The minimum absolute atomic E-state index is 0.0203. The Kier molecular flexibility index (Phi) is 9.99. The largest absolute Gasteiger partial charge is 0.493 e. The number of amides is 2. The van der Waals surface area contributed by atoms with Crippen LogP contribution in [0.3, 0.4) is 0 Å². The molecule has 0 N–H and O–H groups in total. The normalized spacial score (nSPS) is 24.3. The van der Waals surface area contributed by atoms with Crippen LogP contribution in [0.1, 0.15) is 61.3 Å². The lowest BCUT2D eigenvalue weighted by Gasteiger charge is -2.38. The van der Waals surface area contributed by atoms with Crippen molar-refractivity contribution in [3.05, 3.63) is 76.4 Å². The summed E-state index contributed by atoms with van der Waals surface area (Å²) in [6, 6.07) is 15.7. The van der Waals surface area contributed by atoms with Gasteiger partial charge < -0.3 is 24.0 Å². The number of ether oxygens (including phenoxy) is 3. The third-order valence-corrected chi connectivity index (χ3v) is 10.9. The maximum Gasteiger partial charge on any atom is 0.237 e. The second-order valence-corrected chi connectivity index (χ2v) is 14.4. The minimum Gasteiger partial charge on any atom is -0.493 e. The Balaban J connectivity index is 1.09. The fourth-order valence-electron chi connectivity index (χ4n) is 7.91. The summed E-state index contributed by atoms with van der Waals surface area (Å²) in [5, 5.41) is 0.634. The van der Waals surface area contributed by atoms with Crippen LogP contribution in [0.4, 0.5) is 11.5 Å². The van der Waals surface area contributed by atoms with E-state index in [4.69, 9.17) is 30.8 Å². The van der Waals surface area contributed by atoms with E-state index in [2.05, 4.69) is 16.8 Å². The lowest BCUT2D eigenvalue weighted by Crippen LogP contribution is -2.41. The summed E-state index contributed by atoms with van der Waals surface area (Å²) in [6.45, 7) is 3.41. The number of likely N-dealkylation sites (N-methyl/N-ethyl adjacent to an activating group) is 1. The van der Waals surface area contributed by atoms with E-state index in [9.17, 15) is 9.59 Å². The molecule has 3 fully saturated rings. The Morgan fingerprint density at radius 2 is 1.80 bits per heavy atom. The quantitative estimate of drug-likeness (QED) is 0.268. The van der Waals surface area contributed by atoms with Crippen LogP contribution in [0.5, 0.6) is 11.5 Å². The van der Waals surface area contributed by atoms with Crippen molar-refractivity contribution in [1.29, 1.82) is 0 Å². The molecule has 3 aromatic rings. The molecule has 2 saturated heterocycles. The molecule has 260 valence electrons. The topological polar surface area (TPSA) is 87.7 Å². The predicted octanol–water partition coefficient (Wildman–Crippen LogP) is 5.71. The Morgan fingerprint density at radius 1 is 1.00 bits per heavy atom. The van der Waals surface area contributed by atoms with Gasteiger partial charge in [-0.25, -0.2) is 4.98 Å². The van der Waals surface area contributed by atoms with Crippen LogP contribution in [0.25, 0.3) is 0 Å². The first-order valence-electron chi connectivity index (χ1n) is 17.4. The first kappa shape index (κ1) is 33.6. The van der Waals surface area contributed by atoms with E-state index in [1.54, 1.807) is 7.11 Å². The zero-order valence-corrected chi connectivity index (χ0v) is 29.4. The number of aromatic nitrogens is 1. The molecule has 11 heteroatoms. The number of carbonyl (C=O) groups excluding carboxylic acids is 2. The Bertz CT molecular complexity index is 1640. The van der Waals surface area contributed by atoms with E-state index in [1.807, 2.05) is 71.6 Å². The van der Waals surface area contributed by atoms with Crippen molar-refractivity contribution < 1.29 is 23.8 Å². The molecular weight excluding hydrogens is 642 g/mol. The molecule has 0 spiro atoms. The first-order valence-corrected chi connectivity index (χ1v) is 17.8. The fraction of sp³-hybridized carbons (Fsp3) is 0.500. The highest BCUT2D eigenvalue weighted by Gasteiger charge is 2.37. The van der Waals surface area contributed by atoms with Gasteiger partial charge in [-0.15, -0.1) is 0 Å². The van der Waals surface area contributed by atoms with Gasteiger partial charge in [0.2, 0.25) is 11.8 Å². The van der Waals surface area contributed by atoms with Crippen molar-refractivity contribution >= 4 is 34.9 Å². The molecular formula is C38H46ClN5O5. The molecule has 1 unspecified atom stereocenters. The van der Waals surface area contributed by atoms with Gasteiger partial charge in [-0.2, -0.15) is 0 Å². The maximum absolute atomic E-state index is 14.0. The van der Waals surface area contributed by atoms with Gasteiger partial charge >= 0.3 is 0 Å². The summed E-state index contributed by atoms with van der Waals surface area (Å²) in [7, 11) is 5.60. The van der Waals surface area contributed by atoms with E-state index in [0.29, 0.717) is 41.6 Å². The van der Waals surface area contributed by atoms with Gasteiger partial charge in [0.1, 0.15) is 12.4 Å². The summed E-state index contributed by atoms with van der Waals surface area (Å²) in [5.74, 6) is 2.88. The van der Waals surface area contributed by atoms with E-state index < -0.39 is 6.04 Å². The molecule has 2 atom stereocenters. The van der Waals surface area contributed by atoms with E-state index >= 15 is 0 Å². The molecule has 10 nitrogen and oxygen atoms in total. The van der Waals surface area contributed by atoms with Crippen LogP contribution >= 0.6 is 11.6 Å². The van der Waals surface area contributed by atoms with Crippen molar-refractivity contribution in [3.8, 4) is 11.5 Å². The first-order chi connectivity index (χ1) is 23.8. The Morgan fingerprint density at radius 3 is 2.45 bits per heavy atom. The van der Waals surface area contributed by atoms with E-state index in [1.165, 1.54) is 0 Å². The molecule has 3 aliphatic heterocycles. The summed E-state index contributed by atoms with van der Waals surface area (Å²) < 4.78 is 17.8. The highest BCUT2D eigenvalue weighted by molar-refractivity contribution is 6.30. The highest BCUT2D eigenvalue weighted by atomic mass is 35.5. The van der Waals surface area contributed by atoms with Crippen molar-refractivity contribution in [2.45, 2.75) is 63.1 Å². The molecule has 4 heterocycles. The van der Waals surface area contributed by atoms with Crippen molar-refractivity contribution in [2.75, 3.05) is 64.0 Å². The fourth-order valence-corrected chi connectivity index (χ4v) is 8.04. The summed E-state index contributed by atoms with van der Waals surface area (Å²) >= 11 is 6.31. The van der Waals surface area contributed by atoms with Crippen LogP contribution in [-0.2, 0) is 20.7 Å². The monoisotopic (exact) mass is 687 g/mol. The Hall–Kier alpha value is -3.86. The Labute approximate surface area is 293 Å². The second-order valence-electron chi connectivity index (χ2n) is 14.0. The average Bonchev–Trinajstić information content (AvgIpc) is 3.76. The van der Waals surface area contributed by atoms with Crippen LogP contribution in [-0.4, -0.2) is 92.9 Å². The number of nitrogens with zero attached hydrogens (tertiary/aromatic N) is 5. The standard InChI is InChI=1S/C38H46ClN5O5/c1-41(21-25-6-12-29(13-7-25)43-22-37(46)42(2)24-43)35-15-14-30(20-40-35)44-36(45)18-27-17-33(47-3)34(49-23-31-5-4-16-48-31)19-32(27)38(44)26-8-10-28(39)11-9-26/h8-11,14-15,17,19-20,25,29,31,38H,4-7,12-13,16,18,21-24H2,1-3H3/t25-,29-,31?,38-/m0/s1. The molecule has 1 aromatic heterocycles. The van der Waals surface area contributed by atoms with Gasteiger partial charge in [-0.1, -0.05) is 23.7 Å². The number of rotatable bonds is 10. The van der Waals surface area contributed by atoms with Gasteiger partial charge in [0.05, 0.1) is 50.8 Å². The highest BCUT2D eigenvalue weighted by Crippen LogP contribution is 2.44. The molecule has 2 amide bonds. The number of benzene rings is 2. The van der Waals surface area contributed by atoms with Crippen molar-refractivity contribution in [3.63, 3.8) is 0 Å². The van der Waals surface area contributed by atoms with Crippen LogP contribution < -0.4 is 19.3 Å². The predicted molar refractivity (Wildman–Crippen MR) is 190 cm³/mol. The number of halogens is 1. The SMILES string of the molecule is COc1cc2c(cc1OCC1CCCO1)[C@H](c1ccc(Cl)cc1)N(c1ccc(N(C)C[C@H]3CC[C@H](N4CC(=O)N(C)C4)CC3)nc1)C(=O)C2. The number of hydrogen-bond acceptors (Lipinski definition) is 8. The molecule has 2 aromatic carbocycles. The van der Waals surface area contributed by atoms with Gasteiger partial charge in [-0.05, 0) is 97.5 Å². The van der Waals surface area contributed by atoms with Gasteiger partial charge in [0, 0.05) is 38.3 Å². The number of hydrogen-bond donors (Lipinski definition) is 0. The lowest BCUT2D eigenvalue weighted by atomic mass is 9.85. The van der Waals surface area contributed by atoms with Gasteiger partial charge in [0.25, 0.3) is 0 Å². The third-order valence-electron chi connectivity index (χ3n) is 10.6. The molecule has 49 heavy (non-hydrogen) atoms. The number of pyridine rings is 1. The molecule has 0 bridgehead atoms. The summed E-state index contributed by atoms with van der Waals surface area (Å²) in [5.41, 5.74) is 3.56. The van der Waals surface area contributed by atoms with Gasteiger partial charge in [0.15, 0.2) is 11.5 Å². The summed E-state index contributed by atoms with van der Waals surface area (Å²) in [6.07, 6.45) is 8.62. The van der Waals surface area contributed by atoms with Crippen LogP contribution in [0, 0.1) is 5.92 Å². The van der Waals surface area contributed by atoms with E-state index in [-0.39, 0.29) is 24.3 Å².